The number of hydrogen-bond donors (Lipinski definition) is 0. The van der Waals surface area contributed by atoms with E-state index in [0.29, 0.717) is 55.2 Å². The molecule has 4 rings (SSSR count). The van der Waals surface area contributed by atoms with E-state index >= 15 is 0 Å². The molecule has 33 heavy (non-hydrogen) atoms. The second-order valence-electron chi connectivity index (χ2n) is 8.23. The number of hydrogen-bond acceptors (Lipinski definition) is 8. The van der Waals surface area contributed by atoms with Gasteiger partial charge in [0.25, 0.3) is 11.5 Å². The van der Waals surface area contributed by atoms with Gasteiger partial charge in [0.1, 0.15) is 34.2 Å². The zero-order valence-corrected chi connectivity index (χ0v) is 19.5. The van der Waals surface area contributed by atoms with Gasteiger partial charge in [-0.2, -0.15) is 0 Å². The molecule has 1 aliphatic rings. The van der Waals surface area contributed by atoms with E-state index in [1.165, 1.54) is 18.1 Å². The summed E-state index contributed by atoms with van der Waals surface area (Å²) >= 11 is 0. The van der Waals surface area contributed by atoms with Crippen molar-refractivity contribution in [1.29, 1.82) is 0 Å². The van der Waals surface area contributed by atoms with Gasteiger partial charge in [0.2, 0.25) is 0 Å². The van der Waals surface area contributed by atoms with Gasteiger partial charge >= 0.3 is 0 Å². The lowest BCUT2D eigenvalue weighted by atomic mass is 10.1. The van der Waals surface area contributed by atoms with Crippen molar-refractivity contribution < 1.29 is 18.6 Å². The average molecular weight is 456 g/mol. The van der Waals surface area contributed by atoms with Gasteiger partial charge in [0.05, 0.1) is 20.2 Å². The highest BCUT2D eigenvalue weighted by molar-refractivity contribution is 5.98. The molecule has 0 N–H and O–H groups in total. The van der Waals surface area contributed by atoms with Crippen molar-refractivity contribution in [3.63, 3.8) is 0 Å². The Kier molecular flexibility index (Phi) is 6.64. The summed E-state index contributed by atoms with van der Waals surface area (Å²) in [5.74, 6) is 1.89. The highest BCUT2D eigenvalue weighted by Gasteiger charge is 2.28. The summed E-state index contributed by atoms with van der Waals surface area (Å²) in [6.07, 6.45) is 1.39. The Balaban J connectivity index is 1.60. The summed E-state index contributed by atoms with van der Waals surface area (Å²) < 4.78 is 17.8. The molecule has 0 bridgehead atoms. The van der Waals surface area contributed by atoms with Crippen LogP contribution < -0.4 is 10.3 Å². The number of aromatic nitrogens is 3. The number of fused-ring (bicyclic) bond motifs is 1. The van der Waals surface area contributed by atoms with E-state index in [-0.39, 0.29) is 23.8 Å². The standard InChI is InChI=1S/C23H29N5O5/c1-5-16-6-7-17(32-16)13-27-9-8-19-22(20(31-4)12-21(29)28(19)11-10-27)23(30)26(3)14-18-15(2)24-33-25-18/h6-7,12H,5,8-11,13-14H2,1-4H3. The van der Waals surface area contributed by atoms with E-state index in [0.717, 1.165) is 17.9 Å². The van der Waals surface area contributed by atoms with Gasteiger partial charge < -0.3 is 18.6 Å². The fraction of sp³-hybridized carbons (Fsp3) is 0.478. The van der Waals surface area contributed by atoms with Crippen molar-refractivity contribution in [3.05, 3.63) is 62.7 Å². The van der Waals surface area contributed by atoms with Crippen molar-refractivity contribution in [1.82, 2.24) is 24.7 Å². The molecule has 3 aromatic rings. The number of nitrogens with zero attached hydrogens (tertiary/aromatic N) is 5. The number of rotatable bonds is 7. The van der Waals surface area contributed by atoms with Crippen LogP contribution in [-0.2, 0) is 32.5 Å². The second kappa shape index (κ2) is 9.62. The van der Waals surface area contributed by atoms with Gasteiger partial charge in [-0.05, 0) is 19.1 Å². The normalized spacial score (nSPS) is 14.1. The van der Waals surface area contributed by atoms with Crippen LogP contribution in [0.1, 0.15) is 45.9 Å². The zero-order valence-electron chi connectivity index (χ0n) is 19.5. The minimum absolute atomic E-state index is 0.175. The van der Waals surface area contributed by atoms with Crippen molar-refractivity contribution in [2.45, 2.75) is 46.3 Å². The summed E-state index contributed by atoms with van der Waals surface area (Å²) in [5, 5.41) is 7.64. The van der Waals surface area contributed by atoms with E-state index in [2.05, 4.69) is 22.1 Å². The third kappa shape index (κ3) is 4.70. The number of carbonyl (C=O) groups is 1. The van der Waals surface area contributed by atoms with E-state index < -0.39 is 0 Å². The Morgan fingerprint density at radius 1 is 1.21 bits per heavy atom. The van der Waals surface area contributed by atoms with Crippen LogP contribution in [0.25, 0.3) is 0 Å². The third-order valence-corrected chi connectivity index (χ3v) is 6.05. The Morgan fingerprint density at radius 3 is 2.67 bits per heavy atom. The van der Waals surface area contributed by atoms with Gasteiger partial charge in [-0.15, -0.1) is 0 Å². The van der Waals surface area contributed by atoms with Crippen LogP contribution in [0.15, 0.2) is 32.0 Å². The van der Waals surface area contributed by atoms with Crippen molar-refractivity contribution in [2.24, 2.45) is 0 Å². The number of pyridine rings is 1. The molecule has 0 aliphatic carbocycles. The summed E-state index contributed by atoms with van der Waals surface area (Å²) in [6.45, 7) is 6.56. The molecule has 176 valence electrons. The van der Waals surface area contributed by atoms with Crippen LogP contribution in [0.3, 0.4) is 0 Å². The third-order valence-electron chi connectivity index (χ3n) is 6.05. The zero-order chi connectivity index (χ0) is 23.5. The van der Waals surface area contributed by atoms with E-state index in [4.69, 9.17) is 13.8 Å². The molecule has 0 atom stereocenters. The molecule has 3 aromatic heterocycles. The Morgan fingerprint density at radius 2 is 2.00 bits per heavy atom. The molecule has 0 fully saturated rings. The molecular weight excluding hydrogens is 426 g/mol. The molecule has 1 amide bonds. The highest BCUT2D eigenvalue weighted by atomic mass is 16.6. The van der Waals surface area contributed by atoms with Gasteiger partial charge in [-0.3, -0.25) is 14.5 Å². The number of amides is 1. The molecule has 0 saturated heterocycles. The number of methoxy groups -OCH3 is 1. The van der Waals surface area contributed by atoms with Crippen LogP contribution >= 0.6 is 0 Å². The maximum absolute atomic E-state index is 13.5. The predicted molar refractivity (Wildman–Crippen MR) is 119 cm³/mol. The number of carbonyl (C=O) groups excluding carboxylic acids is 1. The molecule has 0 spiro atoms. The maximum atomic E-state index is 13.5. The lowest BCUT2D eigenvalue weighted by molar-refractivity contribution is 0.0776. The molecule has 10 heteroatoms. The number of furan rings is 1. The lowest BCUT2D eigenvalue weighted by Gasteiger charge is -2.21. The van der Waals surface area contributed by atoms with Gasteiger partial charge in [-0.1, -0.05) is 17.2 Å². The van der Waals surface area contributed by atoms with Gasteiger partial charge in [0.15, 0.2) is 0 Å². The molecule has 0 unspecified atom stereocenters. The number of ether oxygens (including phenoxy) is 1. The molecule has 1 aliphatic heterocycles. The van der Waals surface area contributed by atoms with Crippen LogP contribution in [0.2, 0.25) is 0 Å². The van der Waals surface area contributed by atoms with Crippen molar-refractivity contribution in [3.8, 4) is 5.75 Å². The first kappa shape index (κ1) is 22.8. The SMILES string of the molecule is CCc1ccc(CN2CCc3c(C(=O)N(C)Cc4nonc4C)c(OC)cc(=O)n3CC2)o1. The van der Waals surface area contributed by atoms with Gasteiger partial charge in [0, 0.05) is 51.3 Å². The Labute approximate surface area is 191 Å². The quantitative estimate of drug-likeness (QED) is 0.533. The fourth-order valence-corrected chi connectivity index (χ4v) is 4.14. The topological polar surface area (TPSA) is 107 Å². The fourth-order valence-electron chi connectivity index (χ4n) is 4.14. The Bertz CT molecular complexity index is 1190. The minimum Gasteiger partial charge on any atom is -0.496 e. The van der Waals surface area contributed by atoms with Crippen LogP contribution in [0.5, 0.6) is 5.75 Å². The highest BCUT2D eigenvalue weighted by Crippen LogP contribution is 2.25. The first-order chi connectivity index (χ1) is 15.9. The molecule has 0 aromatic carbocycles. The largest absolute Gasteiger partial charge is 0.496 e. The summed E-state index contributed by atoms with van der Waals surface area (Å²) in [5.41, 5.74) is 2.12. The first-order valence-corrected chi connectivity index (χ1v) is 11.0. The number of aryl methyl sites for hydroxylation is 2. The molecule has 0 saturated carbocycles. The van der Waals surface area contributed by atoms with E-state index in [1.54, 1.807) is 18.5 Å². The summed E-state index contributed by atoms with van der Waals surface area (Å²) in [4.78, 5) is 30.1. The molecule has 4 heterocycles. The van der Waals surface area contributed by atoms with Crippen LogP contribution in [0, 0.1) is 6.92 Å². The first-order valence-electron chi connectivity index (χ1n) is 11.0. The lowest BCUT2D eigenvalue weighted by Crippen LogP contribution is -2.32. The van der Waals surface area contributed by atoms with Crippen molar-refractivity contribution >= 4 is 5.91 Å². The second-order valence-corrected chi connectivity index (χ2v) is 8.23. The smallest absolute Gasteiger partial charge is 0.259 e. The predicted octanol–water partition coefficient (Wildman–Crippen LogP) is 2.03. The van der Waals surface area contributed by atoms with Gasteiger partial charge in [-0.25, -0.2) is 4.63 Å². The molecule has 10 nitrogen and oxygen atoms in total. The Hall–Kier alpha value is -3.40. The molecular formula is C23H29N5O5. The van der Waals surface area contributed by atoms with E-state index in [1.807, 2.05) is 12.1 Å². The van der Waals surface area contributed by atoms with E-state index in [9.17, 15) is 9.59 Å². The average Bonchev–Trinajstić information content (AvgIpc) is 3.37. The van der Waals surface area contributed by atoms with Crippen LogP contribution in [-0.4, -0.2) is 57.8 Å². The van der Waals surface area contributed by atoms with Crippen molar-refractivity contribution in [2.75, 3.05) is 27.2 Å². The molecule has 0 radical (unpaired) electrons. The minimum atomic E-state index is -0.245. The summed E-state index contributed by atoms with van der Waals surface area (Å²) in [6, 6.07) is 5.38. The monoisotopic (exact) mass is 455 g/mol. The summed E-state index contributed by atoms with van der Waals surface area (Å²) in [7, 11) is 3.16. The maximum Gasteiger partial charge on any atom is 0.259 e. The van der Waals surface area contributed by atoms with Crippen LogP contribution in [0.4, 0.5) is 0 Å².